The standard InChI is InChI=1S/C62H45N5/c1-38-30-39(2)33-47(32-38)61-64-60(65-62(66-61)48-34-40(3)31-41(4)35-48)46-28-24-43(25-29-46)42-22-26-44(27-23-42)50-19-13-20-52-53-36-54-51-18-11-12-21-56(51)67(49-16-9-6-10-17-49)57(54)37-55(53)58(63-59(50)52)45-14-7-5-8-15-45/h5-37H,1-4H3. The molecule has 9 aromatic carbocycles. The van der Waals surface area contributed by atoms with Crippen LogP contribution in [0.15, 0.2) is 200 Å². The number of aromatic nitrogens is 5. The lowest BCUT2D eigenvalue weighted by Crippen LogP contribution is -2.01. The summed E-state index contributed by atoms with van der Waals surface area (Å²) in [6.07, 6.45) is 0. The third-order valence-electron chi connectivity index (χ3n) is 12.9. The first-order valence-electron chi connectivity index (χ1n) is 22.9. The van der Waals surface area contributed by atoms with E-state index in [1.54, 1.807) is 0 Å². The largest absolute Gasteiger partial charge is 0.309 e. The van der Waals surface area contributed by atoms with Crippen molar-refractivity contribution in [3.63, 3.8) is 0 Å². The summed E-state index contributed by atoms with van der Waals surface area (Å²) in [5, 5.41) is 5.89. The van der Waals surface area contributed by atoms with Gasteiger partial charge in [-0.15, -0.1) is 0 Å². The van der Waals surface area contributed by atoms with Gasteiger partial charge in [-0.25, -0.2) is 19.9 Å². The van der Waals surface area contributed by atoms with Crippen LogP contribution in [-0.4, -0.2) is 24.5 Å². The van der Waals surface area contributed by atoms with Gasteiger partial charge < -0.3 is 4.57 Å². The molecule has 0 aliphatic heterocycles. The first-order valence-corrected chi connectivity index (χ1v) is 22.9. The summed E-state index contributed by atoms with van der Waals surface area (Å²) in [6.45, 7) is 8.45. The Bertz CT molecular complexity index is 3760. The van der Waals surface area contributed by atoms with Crippen molar-refractivity contribution < 1.29 is 0 Å². The molecule has 67 heavy (non-hydrogen) atoms. The highest BCUT2D eigenvalue weighted by molar-refractivity contribution is 6.21. The number of aryl methyl sites for hydroxylation is 4. The highest BCUT2D eigenvalue weighted by atomic mass is 15.0. The summed E-state index contributed by atoms with van der Waals surface area (Å²) >= 11 is 0. The van der Waals surface area contributed by atoms with Crippen molar-refractivity contribution >= 4 is 43.5 Å². The Morgan fingerprint density at radius 1 is 0.299 bits per heavy atom. The second kappa shape index (κ2) is 16.2. The molecule has 12 rings (SSSR count). The van der Waals surface area contributed by atoms with Crippen molar-refractivity contribution in [1.82, 2.24) is 24.5 Å². The molecule has 0 saturated carbocycles. The van der Waals surface area contributed by atoms with E-state index in [2.05, 4.69) is 232 Å². The number of para-hydroxylation sites is 3. The minimum absolute atomic E-state index is 0.647. The second-order valence-corrected chi connectivity index (χ2v) is 17.8. The van der Waals surface area contributed by atoms with Gasteiger partial charge >= 0.3 is 0 Å². The van der Waals surface area contributed by atoms with Gasteiger partial charge in [-0.3, -0.25) is 0 Å². The van der Waals surface area contributed by atoms with Crippen LogP contribution in [0.1, 0.15) is 22.3 Å². The lowest BCUT2D eigenvalue weighted by Gasteiger charge is -2.15. The number of pyridine rings is 1. The van der Waals surface area contributed by atoms with E-state index >= 15 is 0 Å². The number of fused-ring (bicyclic) bond motifs is 6. The Balaban J connectivity index is 0.943. The summed E-state index contributed by atoms with van der Waals surface area (Å²) < 4.78 is 2.38. The molecule has 0 bridgehead atoms. The van der Waals surface area contributed by atoms with Crippen LogP contribution in [0.4, 0.5) is 0 Å². The summed E-state index contributed by atoms with van der Waals surface area (Å²) in [7, 11) is 0. The third-order valence-corrected chi connectivity index (χ3v) is 12.9. The highest BCUT2D eigenvalue weighted by Gasteiger charge is 2.20. The molecule has 12 aromatic rings. The molecule has 0 unspecified atom stereocenters. The summed E-state index contributed by atoms with van der Waals surface area (Å²) in [5.41, 5.74) is 18.6. The van der Waals surface area contributed by atoms with Crippen molar-refractivity contribution in [2.24, 2.45) is 0 Å². The van der Waals surface area contributed by atoms with Crippen molar-refractivity contribution in [3.8, 4) is 73.4 Å². The van der Waals surface area contributed by atoms with Gasteiger partial charge in [-0.05, 0) is 104 Å². The topological polar surface area (TPSA) is 56.5 Å². The Morgan fingerprint density at radius 2 is 0.806 bits per heavy atom. The average molecular weight is 860 g/mol. The van der Waals surface area contributed by atoms with Crippen LogP contribution in [0.2, 0.25) is 0 Å². The minimum Gasteiger partial charge on any atom is -0.309 e. The molecule has 3 aromatic heterocycles. The van der Waals surface area contributed by atoms with Crippen molar-refractivity contribution in [2.75, 3.05) is 0 Å². The molecular weight excluding hydrogens is 815 g/mol. The zero-order valence-electron chi connectivity index (χ0n) is 37.8. The van der Waals surface area contributed by atoms with E-state index in [4.69, 9.17) is 19.9 Å². The molecular formula is C62H45N5. The fourth-order valence-electron chi connectivity index (χ4n) is 10.0. The lowest BCUT2D eigenvalue weighted by molar-refractivity contribution is 1.07. The predicted molar refractivity (Wildman–Crippen MR) is 279 cm³/mol. The summed E-state index contributed by atoms with van der Waals surface area (Å²) in [5.74, 6) is 1.98. The highest BCUT2D eigenvalue weighted by Crippen LogP contribution is 2.42. The SMILES string of the molecule is Cc1cc(C)cc(-c2nc(-c3ccc(-c4ccc(-c5cccc6c5nc(-c5ccccc5)c5cc7c(cc56)c5ccccc5n7-c5ccccc5)cc4)cc3)nc(-c3cc(C)cc(C)c3)n2)c1. The quantitative estimate of drug-likeness (QED) is 0.150. The molecule has 0 fully saturated rings. The number of benzene rings is 9. The maximum atomic E-state index is 5.57. The van der Waals surface area contributed by atoms with Gasteiger partial charge in [0.25, 0.3) is 0 Å². The van der Waals surface area contributed by atoms with E-state index in [1.165, 1.54) is 43.9 Å². The summed E-state index contributed by atoms with van der Waals surface area (Å²) in [4.78, 5) is 20.7. The van der Waals surface area contributed by atoms with Gasteiger partial charge in [0.05, 0.1) is 22.2 Å². The normalized spacial score (nSPS) is 11.6. The smallest absolute Gasteiger partial charge is 0.164 e. The molecule has 0 radical (unpaired) electrons. The Morgan fingerprint density at radius 3 is 1.42 bits per heavy atom. The Hall–Kier alpha value is -8.54. The molecule has 0 amide bonds. The maximum Gasteiger partial charge on any atom is 0.164 e. The first kappa shape index (κ1) is 40.0. The molecule has 5 nitrogen and oxygen atoms in total. The molecule has 0 atom stereocenters. The second-order valence-electron chi connectivity index (χ2n) is 17.8. The van der Waals surface area contributed by atoms with Crippen LogP contribution in [0, 0.1) is 27.7 Å². The Labute approximate surface area is 389 Å². The molecule has 0 spiro atoms. The van der Waals surface area contributed by atoms with Gasteiger partial charge in [-0.2, -0.15) is 0 Å². The third kappa shape index (κ3) is 7.22. The lowest BCUT2D eigenvalue weighted by atomic mass is 9.94. The van der Waals surface area contributed by atoms with Gasteiger partial charge in [0.15, 0.2) is 17.5 Å². The molecule has 0 saturated heterocycles. The van der Waals surface area contributed by atoms with E-state index in [0.717, 1.165) is 77.7 Å². The molecule has 0 aliphatic rings. The molecule has 0 N–H and O–H groups in total. The molecule has 3 heterocycles. The minimum atomic E-state index is 0.647. The monoisotopic (exact) mass is 859 g/mol. The van der Waals surface area contributed by atoms with Crippen LogP contribution in [-0.2, 0) is 0 Å². The predicted octanol–water partition coefficient (Wildman–Crippen LogP) is 15.9. The van der Waals surface area contributed by atoms with Crippen LogP contribution < -0.4 is 0 Å². The van der Waals surface area contributed by atoms with Crippen molar-refractivity contribution in [3.05, 3.63) is 222 Å². The van der Waals surface area contributed by atoms with Gasteiger partial charge in [0.2, 0.25) is 0 Å². The Kier molecular flexibility index (Phi) is 9.65. The van der Waals surface area contributed by atoms with Crippen molar-refractivity contribution in [2.45, 2.75) is 27.7 Å². The van der Waals surface area contributed by atoms with E-state index < -0.39 is 0 Å². The van der Waals surface area contributed by atoms with Crippen LogP contribution >= 0.6 is 0 Å². The van der Waals surface area contributed by atoms with Gasteiger partial charge in [-0.1, -0.05) is 168 Å². The zero-order chi connectivity index (χ0) is 45.2. The average Bonchev–Trinajstić information content (AvgIpc) is 3.68. The molecule has 0 aliphatic carbocycles. The maximum absolute atomic E-state index is 5.57. The van der Waals surface area contributed by atoms with Crippen LogP contribution in [0.3, 0.4) is 0 Å². The molecule has 318 valence electrons. The number of rotatable bonds is 7. The zero-order valence-corrected chi connectivity index (χ0v) is 37.8. The number of hydrogen-bond acceptors (Lipinski definition) is 4. The molecule has 5 heteroatoms. The van der Waals surface area contributed by atoms with E-state index in [9.17, 15) is 0 Å². The fourth-order valence-corrected chi connectivity index (χ4v) is 10.0. The van der Waals surface area contributed by atoms with Gasteiger partial charge in [0.1, 0.15) is 0 Å². The van der Waals surface area contributed by atoms with Crippen LogP contribution in [0.5, 0.6) is 0 Å². The first-order chi connectivity index (χ1) is 32.8. The number of hydrogen-bond donors (Lipinski definition) is 0. The summed E-state index contributed by atoms with van der Waals surface area (Å²) in [6, 6.07) is 71.7. The van der Waals surface area contributed by atoms with E-state index in [0.29, 0.717) is 17.5 Å². The van der Waals surface area contributed by atoms with Crippen LogP contribution in [0.25, 0.3) is 117 Å². The van der Waals surface area contributed by atoms with Gasteiger partial charge in [0, 0.05) is 55.0 Å². The van der Waals surface area contributed by atoms with E-state index in [1.807, 2.05) is 0 Å². The van der Waals surface area contributed by atoms with E-state index in [-0.39, 0.29) is 0 Å². The number of nitrogens with zero attached hydrogens (tertiary/aromatic N) is 5. The fraction of sp³-hybridized carbons (Fsp3) is 0.0645. The van der Waals surface area contributed by atoms with Crippen molar-refractivity contribution in [1.29, 1.82) is 0 Å².